The van der Waals surface area contributed by atoms with Crippen LogP contribution < -0.4 is 10.6 Å². The lowest BCUT2D eigenvalue weighted by Crippen LogP contribution is -2.06. The van der Waals surface area contributed by atoms with Crippen LogP contribution in [-0.4, -0.2) is 7.05 Å². The normalized spacial score (nSPS) is 10.1. The third-order valence-electron chi connectivity index (χ3n) is 1.52. The van der Waals surface area contributed by atoms with Gasteiger partial charge in [0.1, 0.15) is 0 Å². The first-order valence-electron chi connectivity index (χ1n) is 4.03. The van der Waals surface area contributed by atoms with Gasteiger partial charge in [-0.2, -0.15) is 0 Å². The molecule has 0 bridgehead atoms. The second-order valence-corrected chi connectivity index (χ2v) is 2.49. The Kier molecular flexibility index (Phi) is 3.78. The lowest BCUT2D eigenvalue weighted by Gasteiger charge is -1.99. The highest BCUT2D eigenvalue weighted by Gasteiger charge is 1.85. The van der Waals surface area contributed by atoms with Gasteiger partial charge in [0, 0.05) is 26.0 Å². The minimum Gasteiger partial charge on any atom is -0.393 e. The van der Waals surface area contributed by atoms with E-state index >= 15 is 0 Å². The Labute approximate surface area is 73.3 Å². The number of hydrogen-bond donors (Lipinski definition) is 2. The molecule has 2 N–H and O–H groups in total. The van der Waals surface area contributed by atoms with Crippen LogP contribution in [0, 0.1) is 0 Å². The van der Waals surface area contributed by atoms with Crippen molar-refractivity contribution in [3.8, 4) is 0 Å². The van der Waals surface area contributed by atoms with Gasteiger partial charge in [-0.05, 0) is 5.56 Å². The minimum absolute atomic E-state index is 0.874. The molecule has 0 saturated carbocycles. The standard InChI is InChI=1S/C10H14N2/c1-11-7-8-12-9-10-5-3-2-4-6-10/h2-8,11-12H,9H2,1H3/b8-7-. The van der Waals surface area contributed by atoms with Crippen molar-refractivity contribution in [2.75, 3.05) is 7.05 Å². The predicted octanol–water partition coefficient (Wildman–Crippen LogP) is 1.47. The molecule has 0 atom stereocenters. The monoisotopic (exact) mass is 162 g/mol. The molecule has 1 aromatic rings. The highest BCUT2D eigenvalue weighted by atomic mass is 14.9. The maximum atomic E-state index is 3.16. The highest BCUT2D eigenvalue weighted by molar-refractivity contribution is 5.14. The minimum atomic E-state index is 0.874. The summed E-state index contributed by atoms with van der Waals surface area (Å²) in [5.74, 6) is 0. The maximum absolute atomic E-state index is 3.16. The van der Waals surface area contributed by atoms with Crippen LogP contribution in [0.3, 0.4) is 0 Å². The molecule has 2 nitrogen and oxygen atoms in total. The van der Waals surface area contributed by atoms with Crippen LogP contribution >= 0.6 is 0 Å². The van der Waals surface area contributed by atoms with Crippen LogP contribution in [0.5, 0.6) is 0 Å². The van der Waals surface area contributed by atoms with E-state index in [9.17, 15) is 0 Å². The molecule has 2 heteroatoms. The second-order valence-electron chi connectivity index (χ2n) is 2.49. The Morgan fingerprint density at radius 2 is 1.92 bits per heavy atom. The van der Waals surface area contributed by atoms with E-state index in [1.807, 2.05) is 37.6 Å². The van der Waals surface area contributed by atoms with Gasteiger partial charge in [0.05, 0.1) is 0 Å². The first-order valence-corrected chi connectivity index (χ1v) is 4.03. The van der Waals surface area contributed by atoms with Crippen molar-refractivity contribution in [1.29, 1.82) is 0 Å². The molecule has 0 aliphatic carbocycles. The highest BCUT2D eigenvalue weighted by Crippen LogP contribution is 1.96. The summed E-state index contributed by atoms with van der Waals surface area (Å²) in [6.07, 6.45) is 3.76. The molecule has 0 amide bonds. The Hall–Kier alpha value is -1.44. The molecule has 64 valence electrons. The molecule has 0 aliphatic rings. The number of benzene rings is 1. The summed E-state index contributed by atoms with van der Waals surface area (Å²) in [4.78, 5) is 0. The van der Waals surface area contributed by atoms with E-state index in [2.05, 4.69) is 22.8 Å². The Morgan fingerprint density at radius 1 is 1.17 bits per heavy atom. The number of rotatable bonds is 4. The zero-order chi connectivity index (χ0) is 8.65. The van der Waals surface area contributed by atoms with Crippen molar-refractivity contribution >= 4 is 0 Å². The van der Waals surface area contributed by atoms with Gasteiger partial charge in [-0.25, -0.2) is 0 Å². The van der Waals surface area contributed by atoms with Crippen LogP contribution in [0.4, 0.5) is 0 Å². The Bertz CT molecular complexity index is 229. The van der Waals surface area contributed by atoms with E-state index in [1.165, 1.54) is 5.56 Å². The molecule has 0 unspecified atom stereocenters. The fraction of sp³-hybridized carbons (Fsp3) is 0.200. The largest absolute Gasteiger partial charge is 0.393 e. The summed E-state index contributed by atoms with van der Waals surface area (Å²) in [5, 5.41) is 6.07. The van der Waals surface area contributed by atoms with Crippen LogP contribution in [-0.2, 0) is 6.54 Å². The zero-order valence-electron chi connectivity index (χ0n) is 7.25. The van der Waals surface area contributed by atoms with Gasteiger partial charge in [-0.15, -0.1) is 0 Å². The first kappa shape index (κ1) is 8.65. The summed E-state index contributed by atoms with van der Waals surface area (Å²) < 4.78 is 0. The summed E-state index contributed by atoms with van der Waals surface area (Å²) in [5.41, 5.74) is 1.29. The fourth-order valence-electron chi connectivity index (χ4n) is 0.915. The summed E-state index contributed by atoms with van der Waals surface area (Å²) >= 11 is 0. The van der Waals surface area contributed by atoms with Crippen LogP contribution in [0.15, 0.2) is 42.7 Å². The van der Waals surface area contributed by atoms with E-state index in [1.54, 1.807) is 0 Å². The average Bonchev–Trinajstić information content (AvgIpc) is 2.14. The van der Waals surface area contributed by atoms with Crippen molar-refractivity contribution in [2.24, 2.45) is 0 Å². The third-order valence-corrected chi connectivity index (χ3v) is 1.52. The Balaban J connectivity index is 2.29. The van der Waals surface area contributed by atoms with E-state index in [-0.39, 0.29) is 0 Å². The molecule has 0 fully saturated rings. The topological polar surface area (TPSA) is 24.1 Å². The zero-order valence-corrected chi connectivity index (χ0v) is 7.25. The van der Waals surface area contributed by atoms with Crippen molar-refractivity contribution in [3.63, 3.8) is 0 Å². The van der Waals surface area contributed by atoms with Gasteiger partial charge < -0.3 is 10.6 Å². The molecule has 0 aromatic heterocycles. The maximum Gasteiger partial charge on any atom is 0.0395 e. The van der Waals surface area contributed by atoms with Gasteiger partial charge >= 0.3 is 0 Å². The van der Waals surface area contributed by atoms with Gasteiger partial charge in [-0.3, -0.25) is 0 Å². The third kappa shape index (κ3) is 3.10. The van der Waals surface area contributed by atoms with Crippen LogP contribution in [0.1, 0.15) is 5.56 Å². The quantitative estimate of drug-likeness (QED) is 0.700. The van der Waals surface area contributed by atoms with Crippen LogP contribution in [0.25, 0.3) is 0 Å². The van der Waals surface area contributed by atoms with Gasteiger partial charge in [-0.1, -0.05) is 30.3 Å². The molecule has 0 radical (unpaired) electrons. The van der Waals surface area contributed by atoms with Crippen LogP contribution in [0.2, 0.25) is 0 Å². The predicted molar refractivity (Wildman–Crippen MR) is 51.5 cm³/mol. The van der Waals surface area contributed by atoms with Gasteiger partial charge in [0.25, 0.3) is 0 Å². The molecular formula is C10H14N2. The molecule has 0 spiro atoms. The van der Waals surface area contributed by atoms with Gasteiger partial charge in [0.15, 0.2) is 0 Å². The van der Waals surface area contributed by atoms with Crippen molar-refractivity contribution in [2.45, 2.75) is 6.54 Å². The summed E-state index contributed by atoms with van der Waals surface area (Å²) in [6, 6.07) is 10.3. The van der Waals surface area contributed by atoms with E-state index in [0.29, 0.717) is 0 Å². The molecule has 0 heterocycles. The van der Waals surface area contributed by atoms with E-state index < -0.39 is 0 Å². The average molecular weight is 162 g/mol. The molecule has 1 rings (SSSR count). The van der Waals surface area contributed by atoms with E-state index in [4.69, 9.17) is 0 Å². The smallest absolute Gasteiger partial charge is 0.0395 e. The van der Waals surface area contributed by atoms with E-state index in [0.717, 1.165) is 6.54 Å². The number of hydrogen-bond acceptors (Lipinski definition) is 2. The fourth-order valence-corrected chi connectivity index (χ4v) is 0.915. The molecule has 0 aliphatic heterocycles. The number of nitrogens with one attached hydrogen (secondary N) is 2. The summed E-state index contributed by atoms with van der Waals surface area (Å²) in [7, 11) is 1.88. The van der Waals surface area contributed by atoms with Gasteiger partial charge in [0.2, 0.25) is 0 Å². The first-order chi connectivity index (χ1) is 5.93. The summed E-state index contributed by atoms with van der Waals surface area (Å²) in [6.45, 7) is 0.874. The van der Waals surface area contributed by atoms with Crippen molar-refractivity contribution in [1.82, 2.24) is 10.6 Å². The Morgan fingerprint density at radius 3 is 2.58 bits per heavy atom. The second kappa shape index (κ2) is 5.24. The molecule has 0 saturated heterocycles. The SMILES string of the molecule is CN/C=C\NCc1ccccc1. The molecule has 1 aromatic carbocycles. The molecule has 12 heavy (non-hydrogen) atoms. The van der Waals surface area contributed by atoms with Crippen molar-refractivity contribution in [3.05, 3.63) is 48.3 Å². The molecular weight excluding hydrogens is 148 g/mol. The van der Waals surface area contributed by atoms with Crippen molar-refractivity contribution < 1.29 is 0 Å². The lowest BCUT2D eigenvalue weighted by atomic mass is 10.2. The lowest BCUT2D eigenvalue weighted by molar-refractivity contribution is 0.859.